The number of nitrogens with zero attached hydrogens (tertiary/aromatic N) is 1. The number of amides is 2. The molecule has 2 atom stereocenters. The SMILES string of the molecule is CN(C(=O)NC(C(=O)O)c1ccccc1)C1CCSC1. The highest BCUT2D eigenvalue weighted by Crippen LogP contribution is 2.22. The quantitative estimate of drug-likeness (QED) is 0.890. The van der Waals surface area contributed by atoms with E-state index in [0.717, 1.165) is 17.9 Å². The lowest BCUT2D eigenvalue weighted by Gasteiger charge is -2.26. The largest absolute Gasteiger partial charge is 0.479 e. The zero-order valence-electron chi connectivity index (χ0n) is 11.3. The van der Waals surface area contributed by atoms with Gasteiger partial charge in [-0.05, 0) is 17.7 Å². The number of hydrogen-bond donors (Lipinski definition) is 2. The van der Waals surface area contributed by atoms with E-state index in [-0.39, 0.29) is 12.1 Å². The molecular weight excluding hydrogens is 276 g/mol. The van der Waals surface area contributed by atoms with Crippen LogP contribution >= 0.6 is 11.8 Å². The summed E-state index contributed by atoms with van der Waals surface area (Å²) in [5.41, 5.74) is 0.572. The Morgan fingerprint density at radius 1 is 1.40 bits per heavy atom. The fourth-order valence-electron chi connectivity index (χ4n) is 2.15. The van der Waals surface area contributed by atoms with E-state index < -0.39 is 12.0 Å². The maximum Gasteiger partial charge on any atom is 0.330 e. The van der Waals surface area contributed by atoms with Crippen molar-refractivity contribution >= 4 is 23.8 Å². The Morgan fingerprint density at radius 2 is 2.10 bits per heavy atom. The van der Waals surface area contributed by atoms with Crippen LogP contribution in [0.1, 0.15) is 18.0 Å². The molecular formula is C14H18N2O3S. The summed E-state index contributed by atoms with van der Waals surface area (Å²) in [6, 6.07) is 7.56. The number of nitrogens with one attached hydrogen (secondary N) is 1. The zero-order chi connectivity index (χ0) is 14.5. The van der Waals surface area contributed by atoms with Gasteiger partial charge in [-0.25, -0.2) is 9.59 Å². The maximum atomic E-state index is 12.2. The van der Waals surface area contributed by atoms with Crippen molar-refractivity contribution in [3.05, 3.63) is 35.9 Å². The van der Waals surface area contributed by atoms with E-state index in [4.69, 9.17) is 0 Å². The number of aliphatic carboxylic acids is 1. The molecule has 2 rings (SSSR count). The van der Waals surface area contributed by atoms with Crippen LogP contribution in [-0.4, -0.2) is 46.6 Å². The van der Waals surface area contributed by atoms with Crippen molar-refractivity contribution in [2.45, 2.75) is 18.5 Å². The maximum absolute atomic E-state index is 12.2. The van der Waals surface area contributed by atoms with E-state index in [1.807, 2.05) is 17.8 Å². The zero-order valence-corrected chi connectivity index (χ0v) is 12.1. The van der Waals surface area contributed by atoms with Crippen molar-refractivity contribution in [3.63, 3.8) is 0 Å². The molecule has 0 radical (unpaired) electrons. The third kappa shape index (κ3) is 3.45. The lowest BCUT2D eigenvalue weighted by Crippen LogP contribution is -2.46. The summed E-state index contributed by atoms with van der Waals surface area (Å²) in [7, 11) is 1.72. The third-order valence-corrected chi connectivity index (χ3v) is 4.57. The molecule has 1 aliphatic rings. The van der Waals surface area contributed by atoms with E-state index >= 15 is 0 Å². The predicted molar refractivity (Wildman–Crippen MR) is 78.8 cm³/mol. The summed E-state index contributed by atoms with van der Waals surface area (Å²) < 4.78 is 0. The minimum atomic E-state index is -1.06. The second-order valence-corrected chi connectivity index (χ2v) is 5.91. The van der Waals surface area contributed by atoms with Gasteiger partial charge < -0.3 is 15.3 Å². The minimum absolute atomic E-state index is 0.185. The van der Waals surface area contributed by atoms with Crippen LogP contribution < -0.4 is 5.32 Å². The van der Waals surface area contributed by atoms with Crippen LogP contribution in [0.3, 0.4) is 0 Å². The molecule has 0 spiro atoms. The van der Waals surface area contributed by atoms with Gasteiger partial charge in [-0.15, -0.1) is 0 Å². The summed E-state index contributed by atoms with van der Waals surface area (Å²) in [5.74, 6) is 0.898. The van der Waals surface area contributed by atoms with Crippen LogP contribution in [0.5, 0.6) is 0 Å². The third-order valence-electron chi connectivity index (χ3n) is 3.42. The molecule has 20 heavy (non-hydrogen) atoms. The molecule has 1 fully saturated rings. The van der Waals surface area contributed by atoms with E-state index in [9.17, 15) is 14.7 Å². The number of hydrogen-bond acceptors (Lipinski definition) is 3. The van der Waals surface area contributed by atoms with Gasteiger partial charge in [-0.3, -0.25) is 0 Å². The van der Waals surface area contributed by atoms with Crippen LogP contribution in [0.4, 0.5) is 4.79 Å². The molecule has 2 amide bonds. The Balaban J connectivity index is 2.04. The topological polar surface area (TPSA) is 69.6 Å². The molecule has 0 bridgehead atoms. The lowest BCUT2D eigenvalue weighted by atomic mass is 10.1. The van der Waals surface area contributed by atoms with E-state index in [1.165, 1.54) is 0 Å². The molecule has 5 nitrogen and oxygen atoms in total. The molecule has 1 aromatic rings. The number of benzene rings is 1. The Labute approximate surface area is 122 Å². The molecule has 6 heteroatoms. The number of urea groups is 1. The molecule has 1 heterocycles. The van der Waals surface area contributed by atoms with E-state index in [0.29, 0.717) is 5.56 Å². The van der Waals surface area contributed by atoms with Crippen molar-refractivity contribution < 1.29 is 14.7 Å². The summed E-state index contributed by atoms with van der Waals surface area (Å²) in [6.07, 6.45) is 0.956. The average molecular weight is 294 g/mol. The van der Waals surface area contributed by atoms with E-state index in [1.54, 1.807) is 36.2 Å². The summed E-state index contributed by atoms with van der Waals surface area (Å²) in [5, 5.41) is 11.9. The second-order valence-electron chi connectivity index (χ2n) is 4.76. The number of thioether (sulfide) groups is 1. The van der Waals surface area contributed by atoms with Crippen molar-refractivity contribution in [2.24, 2.45) is 0 Å². The molecule has 0 aromatic heterocycles. The fraction of sp³-hybridized carbons (Fsp3) is 0.429. The highest BCUT2D eigenvalue weighted by atomic mass is 32.2. The molecule has 0 aliphatic carbocycles. The highest BCUT2D eigenvalue weighted by Gasteiger charge is 2.28. The van der Waals surface area contributed by atoms with Gasteiger partial charge in [0, 0.05) is 18.8 Å². The highest BCUT2D eigenvalue weighted by molar-refractivity contribution is 7.99. The molecule has 1 aliphatic heterocycles. The average Bonchev–Trinajstić information content (AvgIpc) is 2.98. The first-order chi connectivity index (χ1) is 9.59. The summed E-state index contributed by atoms with van der Waals surface area (Å²) >= 11 is 1.81. The molecule has 108 valence electrons. The molecule has 2 unspecified atom stereocenters. The van der Waals surface area contributed by atoms with Gasteiger partial charge in [0.1, 0.15) is 0 Å². The summed E-state index contributed by atoms with van der Waals surface area (Å²) in [4.78, 5) is 25.1. The van der Waals surface area contributed by atoms with Crippen LogP contribution in [0.2, 0.25) is 0 Å². The Morgan fingerprint density at radius 3 is 2.65 bits per heavy atom. The number of carboxylic acids is 1. The standard InChI is InChI=1S/C14H18N2O3S/c1-16(11-7-8-20-9-11)14(19)15-12(13(17)18)10-5-3-2-4-6-10/h2-6,11-12H,7-9H2,1H3,(H,15,19)(H,17,18). The van der Waals surface area contributed by atoms with Crippen LogP contribution in [0, 0.1) is 0 Å². The number of carbonyl (C=O) groups excluding carboxylic acids is 1. The van der Waals surface area contributed by atoms with Crippen molar-refractivity contribution in [1.29, 1.82) is 0 Å². The Hall–Kier alpha value is -1.69. The van der Waals surface area contributed by atoms with Gasteiger partial charge in [0.15, 0.2) is 6.04 Å². The monoisotopic (exact) mass is 294 g/mol. The summed E-state index contributed by atoms with van der Waals surface area (Å²) in [6.45, 7) is 0. The minimum Gasteiger partial charge on any atom is -0.479 e. The lowest BCUT2D eigenvalue weighted by molar-refractivity contribution is -0.139. The first-order valence-electron chi connectivity index (χ1n) is 6.48. The first-order valence-corrected chi connectivity index (χ1v) is 7.64. The van der Waals surface area contributed by atoms with Gasteiger partial charge in [0.2, 0.25) is 0 Å². The number of rotatable bonds is 4. The van der Waals surface area contributed by atoms with Crippen molar-refractivity contribution in [3.8, 4) is 0 Å². The van der Waals surface area contributed by atoms with Gasteiger partial charge in [0.25, 0.3) is 0 Å². The number of carboxylic acid groups (broad SMARTS) is 1. The second kappa shape index (κ2) is 6.65. The molecule has 0 saturated carbocycles. The van der Waals surface area contributed by atoms with E-state index in [2.05, 4.69) is 5.32 Å². The molecule has 2 N–H and O–H groups in total. The van der Waals surface area contributed by atoms with Gasteiger partial charge in [-0.2, -0.15) is 11.8 Å². The van der Waals surface area contributed by atoms with Crippen molar-refractivity contribution in [2.75, 3.05) is 18.6 Å². The van der Waals surface area contributed by atoms with Gasteiger partial charge in [-0.1, -0.05) is 30.3 Å². The van der Waals surface area contributed by atoms with Gasteiger partial charge >= 0.3 is 12.0 Å². The normalized spacial score (nSPS) is 19.4. The smallest absolute Gasteiger partial charge is 0.330 e. The van der Waals surface area contributed by atoms with Crippen LogP contribution in [0.15, 0.2) is 30.3 Å². The Kier molecular flexibility index (Phi) is 4.89. The Bertz CT molecular complexity index is 475. The van der Waals surface area contributed by atoms with Crippen molar-refractivity contribution in [1.82, 2.24) is 10.2 Å². The fourth-order valence-corrected chi connectivity index (χ4v) is 3.42. The predicted octanol–water partition coefficient (Wildman–Crippen LogP) is 1.96. The van der Waals surface area contributed by atoms with Crippen LogP contribution in [0.25, 0.3) is 0 Å². The molecule has 1 aromatic carbocycles. The molecule has 1 saturated heterocycles. The number of carbonyl (C=O) groups is 2. The van der Waals surface area contributed by atoms with Gasteiger partial charge in [0.05, 0.1) is 0 Å². The van der Waals surface area contributed by atoms with Crippen LogP contribution in [-0.2, 0) is 4.79 Å². The first kappa shape index (κ1) is 14.7.